The first-order valence-corrected chi connectivity index (χ1v) is 10.4. The largest absolute Gasteiger partial charge is 0.300 e. The second kappa shape index (κ2) is 8.20. The second-order valence-electron chi connectivity index (χ2n) is 7.33. The van der Waals surface area contributed by atoms with Crippen molar-refractivity contribution in [2.45, 2.75) is 32.9 Å². The van der Waals surface area contributed by atoms with Gasteiger partial charge in [-0.25, -0.2) is 4.98 Å². The van der Waals surface area contributed by atoms with Crippen LogP contribution in [0, 0.1) is 5.92 Å². The predicted molar refractivity (Wildman–Crippen MR) is 110 cm³/mol. The number of rotatable bonds is 5. The molecule has 7 nitrogen and oxygen atoms in total. The number of carbonyl (C=O) groups is 1. The molecular formula is C20H23N5O2S. The second-order valence-corrected chi connectivity index (χ2v) is 8.19. The molecule has 146 valence electrons. The van der Waals surface area contributed by atoms with Crippen LogP contribution < -0.4 is 10.7 Å². The van der Waals surface area contributed by atoms with Gasteiger partial charge in [0.15, 0.2) is 5.13 Å². The van der Waals surface area contributed by atoms with Crippen LogP contribution in [0.5, 0.6) is 0 Å². The smallest absolute Gasteiger partial charge is 0.247 e. The van der Waals surface area contributed by atoms with Gasteiger partial charge >= 0.3 is 0 Å². The number of nitrogens with zero attached hydrogens (tertiary/aromatic N) is 4. The van der Waals surface area contributed by atoms with E-state index in [1.807, 2.05) is 11.4 Å². The monoisotopic (exact) mass is 397 g/mol. The van der Waals surface area contributed by atoms with Gasteiger partial charge in [-0.15, -0.1) is 11.3 Å². The number of amides is 1. The molecule has 1 fully saturated rings. The molecule has 0 aliphatic carbocycles. The number of hydrogen-bond acceptors (Lipinski definition) is 6. The molecule has 1 amide bonds. The lowest BCUT2D eigenvalue weighted by atomic mass is 9.99. The minimum absolute atomic E-state index is 0.0275. The summed E-state index contributed by atoms with van der Waals surface area (Å²) >= 11 is 1.43. The zero-order valence-electron chi connectivity index (χ0n) is 15.8. The van der Waals surface area contributed by atoms with Gasteiger partial charge in [0, 0.05) is 17.3 Å². The maximum Gasteiger partial charge on any atom is 0.247 e. The molecule has 1 aliphatic heterocycles. The fraction of sp³-hybridized carbons (Fsp3) is 0.400. The van der Waals surface area contributed by atoms with Gasteiger partial charge in [-0.3, -0.25) is 19.2 Å². The van der Waals surface area contributed by atoms with Crippen molar-refractivity contribution in [3.8, 4) is 0 Å². The van der Waals surface area contributed by atoms with Crippen molar-refractivity contribution >= 4 is 33.3 Å². The average Bonchev–Trinajstić information content (AvgIpc) is 3.13. The van der Waals surface area contributed by atoms with Gasteiger partial charge in [-0.05, 0) is 44.0 Å². The van der Waals surface area contributed by atoms with Crippen LogP contribution in [0.25, 0.3) is 10.9 Å². The lowest BCUT2D eigenvalue weighted by Crippen LogP contribution is -2.32. The summed E-state index contributed by atoms with van der Waals surface area (Å²) in [7, 11) is 0. The Kier molecular flexibility index (Phi) is 5.50. The number of fused-ring (bicyclic) bond motifs is 1. The zero-order chi connectivity index (χ0) is 19.5. The summed E-state index contributed by atoms with van der Waals surface area (Å²) in [5, 5.41) is 10.1. The molecule has 3 heterocycles. The Balaban J connectivity index is 1.39. The zero-order valence-corrected chi connectivity index (χ0v) is 16.6. The molecule has 0 spiro atoms. The number of carbonyl (C=O) groups excluding carboxylic acids is 1. The highest BCUT2D eigenvalue weighted by Gasteiger charge is 2.17. The quantitative estimate of drug-likeness (QED) is 0.716. The Bertz CT molecular complexity index is 1040. The highest BCUT2D eigenvalue weighted by atomic mass is 32.1. The molecule has 28 heavy (non-hydrogen) atoms. The number of hydrogen-bond donors (Lipinski definition) is 1. The number of aromatic nitrogens is 3. The third-order valence-corrected chi connectivity index (χ3v) is 5.92. The van der Waals surface area contributed by atoms with Crippen molar-refractivity contribution in [3.05, 3.63) is 51.8 Å². The van der Waals surface area contributed by atoms with Crippen LogP contribution in [-0.4, -0.2) is 38.7 Å². The van der Waals surface area contributed by atoms with Crippen molar-refractivity contribution < 1.29 is 4.79 Å². The molecule has 0 radical (unpaired) electrons. The Labute approximate surface area is 167 Å². The third-order valence-electron chi connectivity index (χ3n) is 5.12. The maximum atomic E-state index is 12.5. The van der Waals surface area contributed by atoms with Gasteiger partial charge < -0.3 is 5.32 Å². The molecule has 2 aromatic heterocycles. The molecular weight excluding hydrogens is 374 g/mol. The van der Waals surface area contributed by atoms with Crippen LogP contribution in [0.2, 0.25) is 0 Å². The van der Waals surface area contributed by atoms with E-state index in [1.54, 1.807) is 18.2 Å². The molecule has 0 unspecified atom stereocenters. The fourth-order valence-electron chi connectivity index (χ4n) is 3.47. The maximum absolute atomic E-state index is 12.5. The van der Waals surface area contributed by atoms with E-state index in [4.69, 9.17) is 0 Å². The van der Waals surface area contributed by atoms with Gasteiger partial charge in [0.05, 0.1) is 17.4 Å². The Hall–Kier alpha value is -2.58. The van der Waals surface area contributed by atoms with Crippen LogP contribution >= 0.6 is 11.3 Å². The molecule has 3 aromatic rings. The summed E-state index contributed by atoms with van der Waals surface area (Å²) in [4.78, 5) is 31.3. The van der Waals surface area contributed by atoms with Crippen LogP contribution in [0.3, 0.4) is 0 Å². The molecule has 0 bridgehead atoms. The summed E-state index contributed by atoms with van der Waals surface area (Å²) in [6.07, 6.45) is 3.71. The molecule has 0 atom stereocenters. The lowest BCUT2D eigenvalue weighted by molar-refractivity contribution is -0.116. The van der Waals surface area contributed by atoms with Crippen molar-refractivity contribution in [2.75, 3.05) is 18.4 Å². The van der Waals surface area contributed by atoms with E-state index in [0.717, 1.165) is 31.2 Å². The van der Waals surface area contributed by atoms with Crippen molar-refractivity contribution in [1.29, 1.82) is 0 Å². The van der Waals surface area contributed by atoms with Crippen LogP contribution in [0.4, 0.5) is 5.13 Å². The van der Waals surface area contributed by atoms with Crippen LogP contribution in [0.1, 0.15) is 25.5 Å². The lowest BCUT2D eigenvalue weighted by Gasteiger charge is -2.29. The summed E-state index contributed by atoms with van der Waals surface area (Å²) < 4.78 is 1.54. The number of benzene rings is 1. The SMILES string of the molecule is CC1CCN(Cc2csc(NC(=O)Cn3ncc(=O)c4ccccc43)n2)CC1. The number of likely N-dealkylation sites (tertiary alicyclic amines) is 1. The summed E-state index contributed by atoms with van der Waals surface area (Å²) in [5.41, 5.74) is 1.48. The van der Waals surface area contributed by atoms with Crippen molar-refractivity contribution in [1.82, 2.24) is 19.7 Å². The first-order valence-electron chi connectivity index (χ1n) is 9.50. The molecule has 1 aromatic carbocycles. The van der Waals surface area contributed by atoms with Gasteiger partial charge in [0.1, 0.15) is 6.54 Å². The van der Waals surface area contributed by atoms with Crippen LogP contribution in [0.15, 0.2) is 40.6 Å². The molecule has 8 heteroatoms. The molecule has 0 saturated carbocycles. The standard InChI is InChI=1S/C20H23N5O2S/c1-14-6-8-24(9-7-14)11-15-13-28-20(22-15)23-19(27)12-25-17-5-3-2-4-16(17)18(26)10-21-25/h2-5,10,13-14H,6-9,11-12H2,1H3,(H,22,23,27). The highest BCUT2D eigenvalue weighted by Crippen LogP contribution is 2.21. The molecule has 4 rings (SSSR count). The minimum atomic E-state index is -0.214. The third kappa shape index (κ3) is 4.28. The van der Waals surface area contributed by atoms with E-state index in [9.17, 15) is 9.59 Å². The van der Waals surface area contributed by atoms with E-state index in [2.05, 4.69) is 27.2 Å². The van der Waals surface area contributed by atoms with Gasteiger partial charge in [0.2, 0.25) is 11.3 Å². The minimum Gasteiger partial charge on any atom is -0.300 e. The Morgan fingerprint density at radius 1 is 1.29 bits per heavy atom. The summed E-state index contributed by atoms with van der Waals surface area (Å²) in [6, 6.07) is 7.15. The van der Waals surface area contributed by atoms with E-state index in [1.165, 1.54) is 35.1 Å². The van der Waals surface area contributed by atoms with E-state index < -0.39 is 0 Å². The van der Waals surface area contributed by atoms with E-state index >= 15 is 0 Å². The molecule has 1 saturated heterocycles. The number of piperidine rings is 1. The average molecular weight is 398 g/mol. The molecule has 1 aliphatic rings. The topological polar surface area (TPSA) is 80.1 Å². The number of anilines is 1. The first-order chi connectivity index (χ1) is 13.6. The Morgan fingerprint density at radius 3 is 2.89 bits per heavy atom. The number of para-hydroxylation sites is 1. The first kappa shape index (κ1) is 18.8. The Morgan fingerprint density at radius 2 is 2.07 bits per heavy atom. The van der Waals surface area contributed by atoms with Gasteiger partial charge in [0.25, 0.3) is 0 Å². The van der Waals surface area contributed by atoms with Gasteiger partial charge in [-0.1, -0.05) is 19.1 Å². The normalized spacial score (nSPS) is 15.8. The fourth-order valence-corrected chi connectivity index (χ4v) is 4.19. The number of nitrogens with one attached hydrogen (secondary N) is 1. The van der Waals surface area contributed by atoms with E-state index in [-0.39, 0.29) is 17.9 Å². The summed E-state index contributed by atoms with van der Waals surface area (Å²) in [5.74, 6) is 0.591. The van der Waals surface area contributed by atoms with Gasteiger partial charge in [-0.2, -0.15) is 5.10 Å². The molecule has 1 N–H and O–H groups in total. The van der Waals surface area contributed by atoms with Crippen LogP contribution in [-0.2, 0) is 17.9 Å². The van der Waals surface area contributed by atoms with E-state index in [0.29, 0.717) is 16.0 Å². The predicted octanol–water partition coefficient (Wildman–Crippen LogP) is 2.72. The van der Waals surface area contributed by atoms with Crippen molar-refractivity contribution in [3.63, 3.8) is 0 Å². The van der Waals surface area contributed by atoms with Crippen molar-refractivity contribution in [2.24, 2.45) is 5.92 Å². The summed E-state index contributed by atoms with van der Waals surface area (Å²) in [6.45, 7) is 5.36. The highest BCUT2D eigenvalue weighted by molar-refractivity contribution is 7.13. The number of thiazole rings is 1.